The van der Waals surface area contributed by atoms with E-state index >= 15 is 0 Å². The summed E-state index contributed by atoms with van der Waals surface area (Å²) in [6.45, 7) is 15.7. The van der Waals surface area contributed by atoms with E-state index in [2.05, 4.69) is 0 Å². The van der Waals surface area contributed by atoms with Crippen LogP contribution < -0.4 is 10.2 Å². The van der Waals surface area contributed by atoms with Crippen LogP contribution in [0.4, 0.5) is 0 Å². The van der Waals surface area contributed by atoms with Crippen LogP contribution in [0.1, 0.15) is 55.4 Å². The first-order valence-corrected chi connectivity index (χ1v) is 7.05. The van der Waals surface area contributed by atoms with E-state index in [1.807, 2.05) is 55.4 Å². The smallest absolute Gasteiger partial charge is 0.550 e. The second-order valence-electron chi connectivity index (χ2n) is 8.39. The minimum absolute atomic E-state index is 0. The number of carbonyl (C=O) groups is 2. The summed E-state index contributed by atoms with van der Waals surface area (Å²) in [7, 11) is 0. The Morgan fingerprint density at radius 3 is 0.762 bits per heavy atom. The number of hydrogen-bond donors (Lipinski definition) is 0. The zero-order chi connectivity index (χ0) is 16.3. The molecule has 0 unspecified atom stereocenters. The van der Waals surface area contributed by atoms with Gasteiger partial charge < -0.3 is 19.8 Å². The minimum Gasteiger partial charge on any atom is -0.550 e. The van der Waals surface area contributed by atoms with Crippen LogP contribution in [0.5, 0.6) is 0 Å². The molecule has 0 heterocycles. The molecule has 0 atom stereocenters. The summed E-state index contributed by atoms with van der Waals surface area (Å²) in [5, 5.41) is 21.0. The molecule has 0 saturated heterocycles. The number of rotatable bonds is 2. The molecule has 5 heteroatoms. The fraction of sp³-hybridized carbons (Fsp3) is 0.875. The van der Waals surface area contributed by atoms with E-state index in [0.717, 1.165) is 0 Å². The Hall–Kier alpha value is -0.541. The third kappa shape index (κ3) is 2.87. The Bertz CT molecular complexity index is 379. The molecule has 2 aliphatic rings. The Morgan fingerprint density at radius 1 is 0.619 bits per heavy atom. The molecule has 2 fully saturated rings. The molecule has 2 aliphatic carbocycles. The molecule has 0 aromatic carbocycles. The molecule has 0 bridgehead atoms. The predicted molar refractivity (Wildman–Crippen MR) is 72.1 cm³/mol. The maximum atomic E-state index is 10.5. The van der Waals surface area contributed by atoms with Crippen molar-refractivity contribution < 1.29 is 36.9 Å². The van der Waals surface area contributed by atoms with Gasteiger partial charge in [-0.25, -0.2) is 0 Å². The van der Waals surface area contributed by atoms with Gasteiger partial charge in [-0.1, -0.05) is 55.4 Å². The van der Waals surface area contributed by atoms with Crippen LogP contribution in [-0.2, 0) is 26.7 Å². The summed E-state index contributed by atoms with van der Waals surface area (Å²) < 4.78 is 0. The standard InChI is InChI=1S/2C8H14O2.Cu/c2*1-7(2)5(6(9)10)8(7,3)4;/h2*5H,1-4H3,(H,9,10);/q;;+2/p-2. The zero-order valence-corrected chi connectivity index (χ0v) is 15.0. The Labute approximate surface area is 138 Å². The van der Waals surface area contributed by atoms with Gasteiger partial charge in [0.15, 0.2) is 0 Å². The van der Waals surface area contributed by atoms with Gasteiger partial charge in [0.25, 0.3) is 0 Å². The van der Waals surface area contributed by atoms with Gasteiger partial charge in [0.2, 0.25) is 0 Å². The van der Waals surface area contributed by atoms with Crippen molar-refractivity contribution >= 4 is 11.9 Å². The van der Waals surface area contributed by atoms with E-state index in [1.54, 1.807) is 0 Å². The van der Waals surface area contributed by atoms with E-state index in [9.17, 15) is 19.8 Å². The molecule has 1 radical (unpaired) electrons. The van der Waals surface area contributed by atoms with Gasteiger partial charge in [-0.15, -0.1) is 0 Å². The van der Waals surface area contributed by atoms with Crippen LogP contribution >= 0.6 is 0 Å². The van der Waals surface area contributed by atoms with Crippen LogP contribution in [0, 0.1) is 33.5 Å². The Kier molecular flexibility index (Phi) is 5.14. The van der Waals surface area contributed by atoms with Crippen molar-refractivity contribution in [3.05, 3.63) is 0 Å². The molecule has 21 heavy (non-hydrogen) atoms. The largest absolute Gasteiger partial charge is 2.00 e. The average molecular weight is 346 g/mol. The second-order valence-corrected chi connectivity index (χ2v) is 8.39. The van der Waals surface area contributed by atoms with Crippen LogP contribution in [-0.4, -0.2) is 11.9 Å². The van der Waals surface area contributed by atoms with Crippen molar-refractivity contribution in [2.24, 2.45) is 33.5 Å². The van der Waals surface area contributed by atoms with Crippen LogP contribution in [0.3, 0.4) is 0 Å². The zero-order valence-electron chi connectivity index (χ0n) is 14.1. The first-order chi connectivity index (χ1) is 8.63. The van der Waals surface area contributed by atoms with Crippen molar-refractivity contribution in [1.82, 2.24) is 0 Å². The van der Waals surface area contributed by atoms with Crippen molar-refractivity contribution in [2.75, 3.05) is 0 Å². The number of carboxylic acid groups (broad SMARTS) is 2. The van der Waals surface area contributed by atoms with Gasteiger partial charge in [-0.2, -0.15) is 0 Å². The summed E-state index contributed by atoms with van der Waals surface area (Å²) in [4.78, 5) is 21.0. The van der Waals surface area contributed by atoms with Gasteiger partial charge in [0.05, 0.1) is 0 Å². The van der Waals surface area contributed by atoms with Crippen molar-refractivity contribution in [3.8, 4) is 0 Å². The molecule has 0 aromatic rings. The number of aliphatic carboxylic acids is 2. The molecule has 4 nitrogen and oxygen atoms in total. The molecule has 0 aromatic heterocycles. The van der Waals surface area contributed by atoms with E-state index in [4.69, 9.17) is 0 Å². The van der Waals surface area contributed by atoms with Gasteiger partial charge in [0, 0.05) is 23.8 Å². The quantitative estimate of drug-likeness (QED) is 0.694. The number of carbonyl (C=O) groups excluding carboxylic acids is 2. The molecular formula is C16H26CuO4. The summed E-state index contributed by atoms with van der Waals surface area (Å²) >= 11 is 0. The van der Waals surface area contributed by atoms with E-state index < -0.39 is 11.9 Å². The normalized spacial score (nSPS) is 26.7. The molecule has 0 amide bonds. The molecule has 0 N–H and O–H groups in total. The molecule has 125 valence electrons. The molecule has 0 spiro atoms. The summed E-state index contributed by atoms with van der Waals surface area (Å²) in [6.07, 6.45) is 0. The van der Waals surface area contributed by atoms with Crippen molar-refractivity contribution in [3.63, 3.8) is 0 Å². The fourth-order valence-corrected chi connectivity index (χ4v) is 3.57. The van der Waals surface area contributed by atoms with Gasteiger partial charge in [0.1, 0.15) is 0 Å². The third-order valence-electron chi connectivity index (χ3n) is 6.51. The molecule has 0 aliphatic heterocycles. The molecule has 2 rings (SSSR count). The molecule has 2 saturated carbocycles. The average Bonchev–Trinajstić information content (AvgIpc) is 2.73. The minimum atomic E-state index is -0.907. The SMILES string of the molecule is CC1(C)C(C(=O)[O-])C1(C)C.CC1(C)C(C(=O)[O-])C1(C)C.[Cu+2]. The van der Waals surface area contributed by atoms with Gasteiger partial charge in [-0.3, -0.25) is 0 Å². The maximum Gasteiger partial charge on any atom is 2.00 e. The van der Waals surface area contributed by atoms with Crippen LogP contribution in [0.15, 0.2) is 0 Å². The second kappa shape index (κ2) is 5.27. The number of carboxylic acids is 2. The predicted octanol–water partition coefficient (Wildman–Crippen LogP) is 0.834. The van der Waals surface area contributed by atoms with E-state index in [0.29, 0.717) is 0 Å². The summed E-state index contributed by atoms with van der Waals surface area (Å²) in [6, 6.07) is 0. The first-order valence-electron chi connectivity index (χ1n) is 7.05. The van der Waals surface area contributed by atoms with Crippen LogP contribution in [0.2, 0.25) is 0 Å². The van der Waals surface area contributed by atoms with Crippen LogP contribution in [0.25, 0.3) is 0 Å². The Morgan fingerprint density at radius 2 is 0.762 bits per heavy atom. The van der Waals surface area contributed by atoms with Crippen molar-refractivity contribution in [2.45, 2.75) is 55.4 Å². The summed E-state index contributed by atoms with van der Waals surface area (Å²) in [5.74, 6) is -2.34. The first kappa shape index (κ1) is 20.5. The monoisotopic (exact) mass is 345 g/mol. The topological polar surface area (TPSA) is 80.3 Å². The van der Waals surface area contributed by atoms with Crippen molar-refractivity contribution in [1.29, 1.82) is 0 Å². The molecular weight excluding hydrogens is 320 g/mol. The number of hydrogen-bond acceptors (Lipinski definition) is 4. The fourth-order valence-electron chi connectivity index (χ4n) is 3.57. The van der Waals surface area contributed by atoms with E-state index in [1.165, 1.54) is 0 Å². The Balaban J connectivity index is 0.000000364. The van der Waals surface area contributed by atoms with Gasteiger partial charge in [-0.05, 0) is 21.7 Å². The summed E-state index contributed by atoms with van der Waals surface area (Å²) in [5.41, 5.74) is -0.310. The maximum absolute atomic E-state index is 10.5. The van der Waals surface area contributed by atoms with E-state index in [-0.39, 0.29) is 50.6 Å². The third-order valence-corrected chi connectivity index (χ3v) is 6.51. The van der Waals surface area contributed by atoms with Gasteiger partial charge >= 0.3 is 17.1 Å².